The van der Waals surface area contributed by atoms with Gasteiger partial charge in [-0.15, -0.1) is 0 Å². The molecule has 2 rings (SSSR count). The summed E-state index contributed by atoms with van der Waals surface area (Å²) in [5.74, 6) is -0.467. The van der Waals surface area contributed by atoms with Crippen LogP contribution in [-0.4, -0.2) is 51.4 Å². The van der Waals surface area contributed by atoms with E-state index < -0.39 is 28.5 Å². The summed E-state index contributed by atoms with van der Waals surface area (Å²) >= 11 is 0. The summed E-state index contributed by atoms with van der Waals surface area (Å²) in [6.07, 6.45) is 0.445. The van der Waals surface area contributed by atoms with Crippen molar-refractivity contribution in [3.05, 3.63) is 53.6 Å². The number of hydrogen-bond donors (Lipinski definition) is 1. The molecule has 0 aliphatic carbocycles. The predicted molar refractivity (Wildman–Crippen MR) is 122 cm³/mol. The molecule has 0 aliphatic heterocycles. The summed E-state index contributed by atoms with van der Waals surface area (Å²) in [4.78, 5) is 24.3. The van der Waals surface area contributed by atoms with Gasteiger partial charge >= 0.3 is 5.97 Å². The maximum atomic E-state index is 12.5. The smallest absolute Gasteiger partial charge is 0.306 e. The van der Waals surface area contributed by atoms with E-state index in [9.17, 15) is 18.0 Å². The highest BCUT2D eigenvalue weighted by molar-refractivity contribution is 7.89. The van der Waals surface area contributed by atoms with Gasteiger partial charge in [-0.25, -0.2) is 8.42 Å². The number of benzene rings is 2. The van der Waals surface area contributed by atoms with Crippen molar-refractivity contribution >= 4 is 27.6 Å². The van der Waals surface area contributed by atoms with E-state index in [1.165, 1.54) is 23.5 Å². The SMILES string of the molecule is CCN(CC)S(=O)(=O)c1ccc(CCC(=O)OCC(=O)Nc2cc(C)ccc2OC)cc1. The minimum atomic E-state index is -3.51. The first-order chi connectivity index (χ1) is 15.2. The first kappa shape index (κ1) is 25.4. The van der Waals surface area contributed by atoms with Gasteiger partial charge in [-0.3, -0.25) is 9.59 Å². The molecule has 1 N–H and O–H groups in total. The standard InChI is InChI=1S/C23H30N2O6S/c1-5-25(6-2)32(28,29)19-11-8-18(9-12-19)10-14-23(27)31-16-22(26)24-20-15-17(3)7-13-21(20)30-4/h7-9,11-13,15H,5-6,10,14,16H2,1-4H3,(H,24,26). The number of methoxy groups -OCH3 is 1. The molecule has 0 saturated heterocycles. The number of nitrogens with one attached hydrogen (secondary N) is 1. The monoisotopic (exact) mass is 462 g/mol. The van der Waals surface area contributed by atoms with Crippen molar-refractivity contribution in [1.29, 1.82) is 0 Å². The van der Waals surface area contributed by atoms with Crippen molar-refractivity contribution in [2.75, 3.05) is 32.1 Å². The Morgan fingerprint density at radius 1 is 1.03 bits per heavy atom. The van der Waals surface area contributed by atoms with Crippen LogP contribution in [0.4, 0.5) is 5.69 Å². The van der Waals surface area contributed by atoms with Crippen molar-refractivity contribution in [2.45, 2.75) is 38.5 Å². The third-order valence-electron chi connectivity index (χ3n) is 4.88. The van der Waals surface area contributed by atoms with Crippen molar-refractivity contribution < 1.29 is 27.5 Å². The third-order valence-corrected chi connectivity index (χ3v) is 6.94. The largest absolute Gasteiger partial charge is 0.495 e. The molecule has 0 aromatic heterocycles. The Balaban J connectivity index is 1.84. The number of esters is 1. The number of hydrogen-bond acceptors (Lipinski definition) is 6. The van der Waals surface area contributed by atoms with Crippen LogP contribution in [0.25, 0.3) is 0 Å². The van der Waals surface area contributed by atoms with Crippen molar-refractivity contribution in [3.63, 3.8) is 0 Å². The van der Waals surface area contributed by atoms with Crippen LogP contribution in [0.15, 0.2) is 47.4 Å². The number of sulfonamides is 1. The Morgan fingerprint density at radius 3 is 2.28 bits per heavy atom. The van der Waals surface area contributed by atoms with Gasteiger partial charge < -0.3 is 14.8 Å². The van der Waals surface area contributed by atoms with E-state index in [1.54, 1.807) is 38.1 Å². The molecule has 2 aromatic carbocycles. The molecular formula is C23H30N2O6S. The summed E-state index contributed by atoms with van der Waals surface area (Å²) < 4.78 is 36.7. The lowest BCUT2D eigenvalue weighted by Crippen LogP contribution is -2.30. The molecule has 0 radical (unpaired) electrons. The van der Waals surface area contributed by atoms with Crippen LogP contribution >= 0.6 is 0 Å². The molecule has 174 valence electrons. The van der Waals surface area contributed by atoms with Crippen molar-refractivity contribution in [2.24, 2.45) is 0 Å². The van der Waals surface area contributed by atoms with Gasteiger partial charge in [0, 0.05) is 19.5 Å². The van der Waals surface area contributed by atoms with E-state index in [1.807, 2.05) is 13.0 Å². The third kappa shape index (κ3) is 6.80. The fourth-order valence-electron chi connectivity index (χ4n) is 3.11. The number of nitrogens with zero attached hydrogens (tertiary/aromatic N) is 1. The first-order valence-corrected chi connectivity index (χ1v) is 11.8. The molecule has 0 saturated carbocycles. The van der Waals surface area contributed by atoms with Crippen LogP contribution in [0, 0.1) is 6.92 Å². The van der Waals surface area contributed by atoms with E-state index in [4.69, 9.17) is 9.47 Å². The second kappa shape index (κ2) is 11.6. The van der Waals surface area contributed by atoms with E-state index in [2.05, 4.69) is 5.32 Å². The van der Waals surface area contributed by atoms with Crippen LogP contribution in [-0.2, 0) is 30.8 Å². The van der Waals surface area contributed by atoms with Crippen LogP contribution in [0.5, 0.6) is 5.75 Å². The number of amides is 1. The average molecular weight is 463 g/mol. The highest BCUT2D eigenvalue weighted by atomic mass is 32.2. The number of rotatable bonds is 11. The quantitative estimate of drug-likeness (QED) is 0.515. The molecule has 8 nitrogen and oxygen atoms in total. The van der Waals surface area contributed by atoms with Gasteiger partial charge in [0.05, 0.1) is 17.7 Å². The van der Waals surface area contributed by atoms with Gasteiger partial charge in [-0.2, -0.15) is 4.31 Å². The van der Waals surface area contributed by atoms with Gasteiger partial charge in [0.25, 0.3) is 5.91 Å². The highest BCUT2D eigenvalue weighted by Gasteiger charge is 2.21. The topological polar surface area (TPSA) is 102 Å². The van der Waals surface area contributed by atoms with E-state index >= 15 is 0 Å². The lowest BCUT2D eigenvalue weighted by atomic mass is 10.1. The van der Waals surface area contributed by atoms with Crippen LogP contribution in [0.1, 0.15) is 31.4 Å². The van der Waals surface area contributed by atoms with E-state index in [0.29, 0.717) is 30.9 Å². The van der Waals surface area contributed by atoms with Crippen LogP contribution in [0.3, 0.4) is 0 Å². The second-order valence-electron chi connectivity index (χ2n) is 7.15. The fourth-order valence-corrected chi connectivity index (χ4v) is 4.57. The van der Waals surface area contributed by atoms with Crippen molar-refractivity contribution in [3.8, 4) is 5.75 Å². The highest BCUT2D eigenvalue weighted by Crippen LogP contribution is 2.25. The van der Waals surface area contributed by atoms with Crippen molar-refractivity contribution in [1.82, 2.24) is 4.31 Å². The lowest BCUT2D eigenvalue weighted by Gasteiger charge is -2.18. The lowest BCUT2D eigenvalue weighted by molar-refractivity contribution is -0.147. The maximum absolute atomic E-state index is 12.5. The molecule has 9 heteroatoms. The number of carbonyl (C=O) groups is 2. The molecular weight excluding hydrogens is 432 g/mol. The average Bonchev–Trinajstić information content (AvgIpc) is 2.77. The molecule has 0 fully saturated rings. The molecule has 0 heterocycles. The Hall–Kier alpha value is -2.91. The zero-order chi connectivity index (χ0) is 23.7. The maximum Gasteiger partial charge on any atom is 0.306 e. The van der Waals surface area contributed by atoms with Crippen LogP contribution in [0.2, 0.25) is 0 Å². The van der Waals surface area contributed by atoms with E-state index in [-0.39, 0.29) is 11.3 Å². The molecule has 0 atom stereocenters. The van der Waals surface area contributed by atoms with Gasteiger partial charge in [-0.1, -0.05) is 32.0 Å². The summed E-state index contributed by atoms with van der Waals surface area (Å²) in [5.41, 5.74) is 2.26. The van der Waals surface area contributed by atoms with Gasteiger partial charge in [0.1, 0.15) is 5.75 Å². The molecule has 1 amide bonds. The summed E-state index contributed by atoms with van der Waals surface area (Å²) in [5, 5.41) is 2.67. The van der Waals surface area contributed by atoms with E-state index in [0.717, 1.165) is 11.1 Å². The Morgan fingerprint density at radius 2 is 1.69 bits per heavy atom. The Kier molecular flexibility index (Phi) is 9.22. The number of ether oxygens (including phenoxy) is 2. The van der Waals surface area contributed by atoms with Gasteiger partial charge in [0.15, 0.2) is 6.61 Å². The fraction of sp³-hybridized carbons (Fsp3) is 0.391. The Labute approximate surface area is 189 Å². The molecule has 0 aliphatic rings. The summed E-state index contributed by atoms with van der Waals surface area (Å²) in [7, 11) is -2.01. The summed E-state index contributed by atoms with van der Waals surface area (Å²) in [6.45, 7) is 5.86. The van der Waals surface area contributed by atoms with Crippen LogP contribution < -0.4 is 10.1 Å². The number of aryl methyl sites for hydroxylation is 2. The summed E-state index contributed by atoms with van der Waals surface area (Å²) in [6, 6.07) is 11.8. The zero-order valence-electron chi connectivity index (χ0n) is 18.9. The van der Waals surface area contributed by atoms with Gasteiger partial charge in [0.2, 0.25) is 10.0 Å². The molecule has 2 aromatic rings. The molecule has 0 bridgehead atoms. The first-order valence-electron chi connectivity index (χ1n) is 10.4. The molecule has 32 heavy (non-hydrogen) atoms. The normalized spacial score (nSPS) is 11.3. The number of anilines is 1. The Bertz CT molecular complexity index is 1030. The second-order valence-corrected chi connectivity index (χ2v) is 9.08. The molecule has 0 unspecified atom stereocenters. The van der Waals surface area contributed by atoms with Gasteiger partial charge in [-0.05, 0) is 48.7 Å². The zero-order valence-corrected chi connectivity index (χ0v) is 19.7. The minimum Gasteiger partial charge on any atom is -0.495 e. The molecule has 0 spiro atoms. The minimum absolute atomic E-state index is 0.0726. The number of carbonyl (C=O) groups excluding carboxylic acids is 2. The predicted octanol–water partition coefficient (Wildman–Crippen LogP) is 3.15.